The molecule has 18 heavy (non-hydrogen) atoms. The van der Waals surface area contributed by atoms with Crippen molar-refractivity contribution in [2.24, 2.45) is 5.92 Å². The average molecular weight is 311 g/mol. The van der Waals surface area contributed by atoms with E-state index in [2.05, 4.69) is 50.7 Å². The molecule has 5 heteroatoms. The van der Waals surface area contributed by atoms with Crippen molar-refractivity contribution in [3.63, 3.8) is 0 Å². The van der Waals surface area contributed by atoms with E-state index in [1.807, 2.05) is 0 Å². The van der Waals surface area contributed by atoms with Crippen molar-refractivity contribution in [1.29, 1.82) is 0 Å². The highest BCUT2D eigenvalue weighted by atomic mass is 79.9. The molecule has 1 aromatic heterocycles. The Balaban J connectivity index is 2.11. The molecule has 2 N–H and O–H groups in total. The van der Waals surface area contributed by atoms with E-state index in [-0.39, 0.29) is 0 Å². The average Bonchev–Trinajstić information content (AvgIpc) is 2.33. The zero-order valence-electron chi connectivity index (χ0n) is 10.9. The van der Waals surface area contributed by atoms with Crippen LogP contribution >= 0.6 is 15.9 Å². The molecule has 0 bridgehead atoms. The van der Waals surface area contributed by atoms with Gasteiger partial charge in [-0.15, -0.1) is 0 Å². The van der Waals surface area contributed by atoms with E-state index in [1.54, 1.807) is 6.20 Å². The molecule has 0 atom stereocenters. The highest BCUT2D eigenvalue weighted by Gasteiger charge is 2.16. The summed E-state index contributed by atoms with van der Waals surface area (Å²) in [4.78, 5) is 11.0. The van der Waals surface area contributed by atoms with E-state index in [0.29, 0.717) is 11.7 Å². The Morgan fingerprint density at radius 1 is 1.50 bits per heavy atom. The second-order valence-corrected chi connectivity index (χ2v) is 5.87. The second kappa shape index (κ2) is 5.80. The van der Waals surface area contributed by atoms with Gasteiger partial charge in [0.1, 0.15) is 16.1 Å². The summed E-state index contributed by atoms with van der Waals surface area (Å²) in [6.45, 7) is 7.68. The van der Waals surface area contributed by atoms with Crippen molar-refractivity contribution in [2.45, 2.75) is 20.3 Å². The molecule has 0 fully saturated rings. The van der Waals surface area contributed by atoms with Crippen LogP contribution in [0.3, 0.4) is 0 Å². The number of rotatable bonds is 3. The summed E-state index contributed by atoms with van der Waals surface area (Å²) >= 11 is 3.34. The Morgan fingerprint density at radius 2 is 2.28 bits per heavy atom. The first-order valence-corrected chi connectivity index (χ1v) is 7.05. The van der Waals surface area contributed by atoms with Crippen LogP contribution in [0.25, 0.3) is 5.57 Å². The van der Waals surface area contributed by atoms with Crippen molar-refractivity contribution in [3.05, 3.63) is 22.6 Å². The lowest BCUT2D eigenvalue weighted by atomic mass is 10.0. The minimum atomic E-state index is 0.516. The molecule has 0 saturated heterocycles. The van der Waals surface area contributed by atoms with Gasteiger partial charge in [0.2, 0.25) is 0 Å². The fourth-order valence-corrected chi connectivity index (χ4v) is 2.50. The van der Waals surface area contributed by atoms with E-state index in [9.17, 15) is 0 Å². The van der Waals surface area contributed by atoms with Crippen LogP contribution in [0.4, 0.5) is 5.82 Å². The molecular weight excluding hydrogens is 292 g/mol. The summed E-state index contributed by atoms with van der Waals surface area (Å²) in [6.07, 6.45) is 4.84. The molecule has 1 aromatic rings. The number of hydrogen-bond acceptors (Lipinski definition) is 4. The summed E-state index contributed by atoms with van der Waals surface area (Å²) in [5, 5.41) is 0. The van der Waals surface area contributed by atoms with E-state index >= 15 is 0 Å². The van der Waals surface area contributed by atoms with Gasteiger partial charge in [-0.2, -0.15) is 0 Å². The number of nitrogens with zero attached hydrogens (tertiary/aromatic N) is 3. The largest absolute Gasteiger partial charge is 0.382 e. The Bertz CT molecular complexity index is 456. The van der Waals surface area contributed by atoms with Crippen LogP contribution in [0.1, 0.15) is 26.0 Å². The number of aromatic nitrogens is 2. The van der Waals surface area contributed by atoms with Crippen molar-refractivity contribution in [3.8, 4) is 0 Å². The molecule has 0 aromatic carbocycles. The molecule has 0 saturated carbocycles. The minimum Gasteiger partial charge on any atom is -0.382 e. The normalized spacial score (nSPS) is 17.0. The maximum atomic E-state index is 5.89. The van der Waals surface area contributed by atoms with E-state index in [1.165, 1.54) is 5.57 Å². The van der Waals surface area contributed by atoms with Crippen LogP contribution in [-0.2, 0) is 0 Å². The van der Waals surface area contributed by atoms with Crippen molar-refractivity contribution >= 4 is 27.3 Å². The number of anilines is 1. The molecule has 2 heterocycles. The first-order chi connectivity index (χ1) is 8.56. The van der Waals surface area contributed by atoms with Gasteiger partial charge in [0.05, 0.1) is 6.20 Å². The van der Waals surface area contributed by atoms with Crippen LogP contribution in [0.2, 0.25) is 0 Å². The lowest BCUT2D eigenvalue weighted by Gasteiger charge is -2.27. The highest BCUT2D eigenvalue weighted by Crippen LogP contribution is 2.25. The number of nitrogen functional groups attached to an aromatic ring is 1. The number of hydrogen-bond donors (Lipinski definition) is 1. The lowest BCUT2D eigenvalue weighted by molar-refractivity contribution is 0.268. The zero-order chi connectivity index (χ0) is 13.1. The van der Waals surface area contributed by atoms with Gasteiger partial charge in [-0.25, -0.2) is 9.97 Å². The van der Waals surface area contributed by atoms with Gasteiger partial charge in [0.25, 0.3) is 0 Å². The Kier molecular flexibility index (Phi) is 4.35. The maximum Gasteiger partial charge on any atom is 0.149 e. The van der Waals surface area contributed by atoms with Gasteiger partial charge in [-0.3, -0.25) is 4.90 Å². The number of nitrogens with two attached hydrogens (primary N) is 1. The number of halogens is 1. The summed E-state index contributed by atoms with van der Waals surface area (Å²) in [5.41, 5.74) is 7.92. The monoisotopic (exact) mass is 310 g/mol. The van der Waals surface area contributed by atoms with Gasteiger partial charge in [-0.1, -0.05) is 19.9 Å². The fourth-order valence-electron chi connectivity index (χ4n) is 2.22. The van der Waals surface area contributed by atoms with E-state index < -0.39 is 0 Å². The summed E-state index contributed by atoms with van der Waals surface area (Å²) in [7, 11) is 0. The first-order valence-electron chi connectivity index (χ1n) is 6.26. The molecule has 2 rings (SSSR count). The van der Waals surface area contributed by atoms with Crippen molar-refractivity contribution < 1.29 is 0 Å². The standard InChI is InChI=1S/C13H19BrN4/c1-9(2)8-18-5-3-10(4-6-18)12-13(15)16-7-11(14)17-12/h3,7,9H,4-6,8H2,1-2H3,(H2,15,16). The molecular formula is C13H19BrN4. The lowest BCUT2D eigenvalue weighted by Crippen LogP contribution is -2.32. The van der Waals surface area contributed by atoms with Crippen LogP contribution in [0.5, 0.6) is 0 Å². The van der Waals surface area contributed by atoms with Gasteiger partial charge in [-0.05, 0) is 33.8 Å². The molecule has 1 aliphatic rings. The van der Waals surface area contributed by atoms with Gasteiger partial charge in [0, 0.05) is 19.6 Å². The third-order valence-corrected chi connectivity index (χ3v) is 3.37. The molecule has 0 unspecified atom stereocenters. The SMILES string of the molecule is CC(C)CN1CC=C(c2nc(Br)cnc2N)CC1. The van der Waals surface area contributed by atoms with Crippen LogP contribution in [-0.4, -0.2) is 34.5 Å². The molecule has 0 radical (unpaired) electrons. The quantitative estimate of drug-likeness (QED) is 0.932. The second-order valence-electron chi connectivity index (χ2n) is 5.06. The predicted octanol–water partition coefficient (Wildman–Crippen LogP) is 2.57. The molecule has 0 spiro atoms. The molecule has 4 nitrogen and oxygen atoms in total. The predicted molar refractivity (Wildman–Crippen MR) is 78.0 cm³/mol. The third-order valence-electron chi connectivity index (χ3n) is 2.99. The highest BCUT2D eigenvalue weighted by molar-refractivity contribution is 9.10. The fraction of sp³-hybridized carbons (Fsp3) is 0.538. The Morgan fingerprint density at radius 3 is 2.89 bits per heavy atom. The minimum absolute atomic E-state index is 0.516. The van der Waals surface area contributed by atoms with Crippen molar-refractivity contribution in [1.82, 2.24) is 14.9 Å². The molecule has 98 valence electrons. The first kappa shape index (κ1) is 13.5. The maximum absolute atomic E-state index is 5.89. The van der Waals surface area contributed by atoms with Gasteiger partial charge < -0.3 is 5.73 Å². The summed E-state index contributed by atoms with van der Waals surface area (Å²) in [6, 6.07) is 0. The van der Waals surface area contributed by atoms with Gasteiger partial charge >= 0.3 is 0 Å². The Labute approximate surface area is 116 Å². The smallest absolute Gasteiger partial charge is 0.149 e. The van der Waals surface area contributed by atoms with Crippen molar-refractivity contribution in [2.75, 3.05) is 25.4 Å². The molecule has 0 aliphatic carbocycles. The topological polar surface area (TPSA) is 55.0 Å². The van der Waals surface area contributed by atoms with Crippen LogP contribution in [0.15, 0.2) is 16.9 Å². The van der Waals surface area contributed by atoms with E-state index in [4.69, 9.17) is 5.73 Å². The van der Waals surface area contributed by atoms with Crippen LogP contribution < -0.4 is 5.73 Å². The molecule has 1 aliphatic heterocycles. The van der Waals surface area contributed by atoms with E-state index in [0.717, 1.165) is 36.4 Å². The van der Waals surface area contributed by atoms with Crippen LogP contribution in [0, 0.1) is 5.92 Å². The van der Waals surface area contributed by atoms with Gasteiger partial charge in [0.15, 0.2) is 0 Å². The summed E-state index contributed by atoms with van der Waals surface area (Å²) in [5.74, 6) is 1.22. The summed E-state index contributed by atoms with van der Waals surface area (Å²) < 4.78 is 0.734. The zero-order valence-corrected chi connectivity index (χ0v) is 12.4. The third kappa shape index (κ3) is 3.29. The molecule has 0 amide bonds. The Hall–Kier alpha value is -0.940.